The van der Waals surface area contributed by atoms with Gasteiger partial charge in [0.05, 0.1) is 17.0 Å². The summed E-state index contributed by atoms with van der Waals surface area (Å²) >= 11 is 7.42. The molecule has 0 aliphatic carbocycles. The number of aromatic amines is 1. The number of nitrogens with one attached hydrogen (secondary N) is 1. The van der Waals surface area contributed by atoms with Gasteiger partial charge in [0.25, 0.3) is 0 Å². The summed E-state index contributed by atoms with van der Waals surface area (Å²) in [6.45, 7) is 9.01. The van der Waals surface area contributed by atoms with Crippen LogP contribution in [-0.2, 0) is 0 Å². The Bertz CT molecular complexity index is 1150. The Labute approximate surface area is 197 Å². The smallest absolute Gasteiger partial charge is 0.196 e. The molecule has 3 rings (SSSR count). The molecule has 0 unspecified atom stereocenters. The van der Waals surface area contributed by atoms with E-state index in [1.807, 2.05) is 68.6 Å². The zero-order valence-electron chi connectivity index (χ0n) is 19.4. The van der Waals surface area contributed by atoms with Crippen LogP contribution >= 0.6 is 23.4 Å². The monoisotopic (exact) mass is 473 g/mol. The topological polar surface area (TPSA) is 83.9 Å². The van der Waals surface area contributed by atoms with Crippen molar-refractivity contribution in [1.29, 1.82) is 0 Å². The Balaban J connectivity index is 1.98. The molecule has 32 heavy (non-hydrogen) atoms. The van der Waals surface area contributed by atoms with Gasteiger partial charge in [-0.1, -0.05) is 23.4 Å². The molecule has 0 spiro atoms. The van der Waals surface area contributed by atoms with Crippen molar-refractivity contribution >= 4 is 34.9 Å². The highest BCUT2D eigenvalue weighted by atomic mass is 35.5. The molecule has 0 saturated carbocycles. The highest BCUT2D eigenvalue weighted by Crippen LogP contribution is 2.31. The Kier molecular flexibility index (Phi) is 7.27. The van der Waals surface area contributed by atoms with E-state index in [2.05, 4.69) is 15.2 Å². The molecule has 0 amide bonds. The molecule has 3 aromatic rings. The van der Waals surface area contributed by atoms with Gasteiger partial charge in [-0.05, 0) is 78.5 Å². The van der Waals surface area contributed by atoms with Gasteiger partial charge in [-0.2, -0.15) is 0 Å². The second kappa shape index (κ2) is 9.60. The summed E-state index contributed by atoms with van der Waals surface area (Å²) in [6.07, 6.45) is 0. The van der Waals surface area contributed by atoms with Crippen LogP contribution in [0.5, 0.6) is 0 Å². The zero-order chi connectivity index (χ0) is 23.7. The molecule has 0 aliphatic rings. The number of ketones is 2. The van der Waals surface area contributed by atoms with Crippen LogP contribution in [-0.4, -0.2) is 55.6 Å². The predicted octanol–water partition coefficient (Wildman–Crippen LogP) is 5.05. The summed E-state index contributed by atoms with van der Waals surface area (Å²) in [6, 6.07) is 7.46. The Hall–Kier alpha value is -2.42. The summed E-state index contributed by atoms with van der Waals surface area (Å²) in [4.78, 5) is 30.4. The number of benzene rings is 1. The average Bonchev–Trinajstić information content (AvgIpc) is 3.27. The van der Waals surface area contributed by atoms with Crippen molar-refractivity contribution in [2.75, 3.05) is 14.1 Å². The third-order valence-electron chi connectivity index (χ3n) is 5.58. The second-order valence-electron chi connectivity index (χ2n) is 8.10. The van der Waals surface area contributed by atoms with Gasteiger partial charge in [0.2, 0.25) is 0 Å². The third kappa shape index (κ3) is 4.67. The van der Waals surface area contributed by atoms with E-state index in [1.54, 1.807) is 6.92 Å². The number of carbonyl (C=O) groups is 2. The van der Waals surface area contributed by atoms with E-state index in [1.165, 1.54) is 18.7 Å². The predicted molar refractivity (Wildman–Crippen MR) is 128 cm³/mol. The molecule has 7 nitrogen and oxygen atoms in total. The van der Waals surface area contributed by atoms with Gasteiger partial charge >= 0.3 is 0 Å². The summed E-state index contributed by atoms with van der Waals surface area (Å²) in [7, 11) is 3.96. The quantitative estimate of drug-likeness (QED) is 0.364. The molecular formula is C23H28ClN5O2S. The van der Waals surface area contributed by atoms with Gasteiger partial charge in [-0.25, -0.2) is 0 Å². The van der Waals surface area contributed by atoms with Gasteiger partial charge in [0, 0.05) is 22.0 Å². The van der Waals surface area contributed by atoms with Crippen molar-refractivity contribution < 1.29 is 9.59 Å². The largest absolute Gasteiger partial charge is 0.355 e. The van der Waals surface area contributed by atoms with Crippen LogP contribution in [0.15, 0.2) is 29.4 Å². The van der Waals surface area contributed by atoms with E-state index in [4.69, 9.17) is 11.6 Å². The number of rotatable bonds is 8. The van der Waals surface area contributed by atoms with Crippen molar-refractivity contribution in [3.8, 4) is 5.69 Å². The molecule has 2 aromatic heterocycles. The number of aryl methyl sites for hydroxylation is 1. The molecule has 0 saturated heterocycles. The fraction of sp³-hybridized carbons (Fsp3) is 0.391. The van der Waals surface area contributed by atoms with Gasteiger partial charge in [0.1, 0.15) is 0 Å². The third-order valence-corrected chi connectivity index (χ3v) is 6.87. The number of aromatic nitrogens is 4. The summed E-state index contributed by atoms with van der Waals surface area (Å²) in [5.74, 6) is 0.626. The van der Waals surface area contributed by atoms with Crippen LogP contribution in [0.3, 0.4) is 0 Å². The lowest BCUT2D eigenvalue weighted by molar-refractivity contribution is 0.0988. The Morgan fingerprint density at radius 3 is 2.28 bits per heavy atom. The molecule has 1 N–H and O–H groups in total. The number of hydrogen-bond acceptors (Lipinski definition) is 6. The molecule has 0 radical (unpaired) electrons. The van der Waals surface area contributed by atoms with E-state index in [0.717, 1.165) is 11.5 Å². The fourth-order valence-corrected chi connectivity index (χ4v) is 4.69. The summed E-state index contributed by atoms with van der Waals surface area (Å²) in [5.41, 5.74) is 3.32. The Morgan fingerprint density at radius 2 is 1.75 bits per heavy atom. The SMILES string of the molecule is CC(=O)c1c(C)[nH]c(C(=O)[C@H](C)Sc2nnc([C@H](C)N(C)C)n2-c2ccc(Cl)cc2)c1C. The molecule has 1 aromatic carbocycles. The van der Waals surface area contributed by atoms with Gasteiger partial charge in [-0.15, -0.1) is 10.2 Å². The number of carbonyl (C=O) groups excluding carboxylic acids is 2. The first-order valence-corrected chi connectivity index (χ1v) is 11.6. The number of H-pyrrole nitrogens is 1. The van der Waals surface area contributed by atoms with Crippen LogP contribution in [0.2, 0.25) is 5.02 Å². The zero-order valence-corrected chi connectivity index (χ0v) is 20.9. The van der Waals surface area contributed by atoms with E-state index in [9.17, 15) is 9.59 Å². The molecule has 9 heteroatoms. The number of thioether (sulfide) groups is 1. The maximum absolute atomic E-state index is 13.3. The van der Waals surface area contributed by atoms with Crippen LogP contribution < -0.4 is 0 Å². The maximum atomic E-state index is 13.3. The number of Topliss-reactive ketones (excluding diaryl/α,β-unsaturated/α-hetero) is 2. The molecule has 0 aliphatic heterocycles. The van der Waals surface area contributed by atoms with E-state index >= 15 is 0 Å². The minimum atomic E-state index is -0.440. The highest BCUT2D eigenvalue weighted by molar-refractivity contribution is 8.00. The van der Waals surface area contributed by atoms with E-state index in [0.29, 0.717) is 32.7 Å². The first-order valence-electron chi connectivity index (χ1n) is 10.3. The van der Waals surface area contributed by atoms with Crippen molar-refractivity contribution in [3.05, 3.63) is 57.6 Å². The number of nitrogens with zero attached hydrogens (tertiary/aromatic N) is 4. The molecule has 2 heterocycles. The van der Waals surface area contributed by atoms with Crippen molar-refractivity contribution in [3.63, 3.8) is 0 Å². The van der Waals surface area contributed by atoms with Crippen molar-refractivity contribution in [2.45, 2.75) is 51.1 Å². The average molecular weight is 474 g/mol. The molecule has 2 atom stereocenters. The minimum absolute atomic E-state index is 0.00459. The second-order valence-corrected chi connectivity index (χ2v) is 9.84. The lowest BCUT2D eigenvalue weighted by Crippen LogP contribution is -2.21. The normalized spacial score (nSPS) is 13.4. The first kappa shape index (κ1) is 24.2. The lowest BCUT2D eigenvalue weighted by atomic mass is 10.0. The molecule has 0 fully saturated rings. The van der Waals surface area contributed by atoms with Crippen LogP contribution in [0.4, 0.5) is 0 Å². The van der Waals surface area contributed by atoms with Gasteiger partial charge in [-0.3, -0.25) is 19.1 Å². The van der Waals surface area contributed by atoms with Gasteiger partial charge < -0.3 is 4.98 Å². The van der Waals surface area contributed by atoms with Crippen molar-refractivity contribution in [2.24, 2.45) is 0 Å². The van der Waals surface area contributed by atoms with Crippen LogP contribution in [0.1, 0.15) is 64.7 Å². The highest BCUT2D eigenvalue weighted by Gasteiger charge is 2.27. The van der Waals surface area contributed by atoms with Crippen LogP contribution in [0.25, 0.3) is 5.69 Å². The minimum Gasteiger partial charge on any atom is -0.355 e. The molecule has 0 bridgehead atoms. The standard InChI is InChI=1S/C23H28ClN5O2S/c1-12-19(15(4)30)13(2)25-20(12)21(31)16(5)32-23-27-26-22(14(3)28(6)7)29(23)18-10-8-17(24)9-11-18/h8-11,14,16,25H,1-7H3/t14-,16-/m0/s1. The van der Waals surface area contributed by atoms with Gasteiger partial charge in [0.15, 0.2) is 22.5 Å². The lowest BCUT2D eigenvalue weighted by Gasteiger charge is -2.21. The Morgan fingerprint density at radius 1 is 1.12 bits per heavy atom. The summed E-state index contributed by atoms with van der Waals surface area (Å²) in [5, 5.41) is 9.66. The van der Waals surface area contributed by atoms with Crippen LogP contribution in [0, 0.1) is 13.8 Å². The number of hydrogen-bond donors (Lipinski definition) is 1. The molecular weight excluding hydrogens is 446 g/mol. The fourth-order valence-electron chi connectivity index (χ4n) is 3.63. The van der Waals surface area contributed by atoms with E-state index < -0.39 is 5.25 Å². The van der Waals surface area contributed by atoms with Crippen molar-refractivity contribution in [1.82, 2.24) is 24.6 Å². The maximum Gasteiger partial charge on any atom is 0.196 e. The van der Waals surface area contributed by atoms with E-state index in [-0.39, 0.29) is 17.6 Å². The number of halogens is 1. The molecule has 170 valence electrons. The summed E-state index contributed by atoms with van der Waals surface area (Å²) < 4.78 is 1.96. The first-order chi connectivity index (χ1) is 15.0.